The quantitative estimate of drug-likeness (QED) is 0.818. The maximum atomic E-state index is 10.8. The van der Waals surface area contributed by atoms with Crippen LogP contribution in [0.25, 0.3) is 0 Å². The smallest absolute Gasteiger partial charge is 0.325 e. The second kappa shape index (κ2) is 4.81. The van der Waals surface area contributed by atoms with E-state index in [-0.39, 0.29) is 12.5 Å². The van der Waals surface area contributed by atoms with Crippen molar-refractivity contribution in [3.63, 3.8) is 0 Å². The van der Waals surface area contributed by atoms with Crippen molar-refractivity contribution in [2.45, 2.75) is 0 Å². The van der Waals surface area contributed by atoms with Gasteiger partial charge in [-0.3, -0.25) is 4.79 Å². The molecule has 0 aromatic carbocycles. The van der Waals surface area contributed by atoms with Crippen molar-refractivity contribution in [3.8, 4) is 0 Å². The summed E-state index contributed by atoms with van der Waals surface area (Å²) >= 11 is 3.29. The Kier molecular flexibility index (Phi) is 3.70. The number of pyridine rings is 1. The zero-order chi connectivity index (χ0) is 9.68. The molecule has 0 amide bonds. The molecule has 0 aliphatic rings. The van der Waals surface area contributed by atoms with E-state index < -0.39 is 0 Å². The topological polar surface area (TPSA) is 51.2 Å². The van der Waals surface area contributed by atoms with Crippen LogP contribution >= 0.6 is 15.9 Å². The van der Waals surface area contributed by atoms with Gasteiger partial charge in [-0.05, 0) is 28.1 Å². The van der Waals surface area contributed by atoms with Gasteiger partial charge in [0.15, 0.2) is 0 Å². The third-order valence-electron chi connectivity index (χ3n) is 1.39. The summed E-state index contributed by atoms with van der Waals surface area (Å²) in [6.45, 7) is 0.117. The minimum Gasteiger partial charge on any atom is -0.468 e. The number of aromatic nitrogens is 1. The van der Waals surface area contributed by atoms with Crippen LogP contribution < -0.4 is 5.32 Å². The SMILES string of the molecule is COC(=O)CNc1ncccc1Br. The molecule has 0 atom stereocenters. The summed E-state index contributed by atoms with van der Waals surface area (Å²) in [7, 11) is 1.34. The van der Waals surface area contributed by atoms with Crippen LogP contribution in [0.2, 0.25) is 0 Å². The first-order valence-electron chi connectivity index (χ1n) is 3.65. The Morgan fingerprint density at radius 3 is 3.15 bits per heavy atom. The molecule has 4 nitrogen and oxygen atoms in total. The first-order valence-corrected chi connectivity index (χ1v) is 4.44. The van der Waals surface area contributed by atoms with Crippen molar-refractivity contribution in [2.24, 2.45) is 0 Å². The average Bonchev–Trinajstić information content (AvgIpc) is 2.16. The van der Waals surface area contributed by atoms with Crippen LogP contribution in [0.3, 0.4) is 0 Å². The van der Waals surface area contributed by atoms with Crippen molar-refractivity contribution in [3.05, 3.63) is 22.8 Å². The molecule has 0 spiro atoms. The molecule has 0 fully saturated rings. The van der Waals surface area contributed by atoms with E-state index in [1.807, 2.05) is 6.07 Å². The van der Waals surface area contributed by atoms with E-state index in [0.29, 0.717) is 5.82 Å². The summed E-state index contributed by atoms with van der Waals surface area (Å²) in [6.07, 6.45) is 1.64. The number of hydrogen-bond acceptors (Lipinski definition) is 4. The van der Waals surface area contributed by atoms with Crippen molar-refractivity contribution in [2.75, 3.05) is 19.0 Å². The van der Waals surface area contributed by atoms with E-state index in [1.165, 1.54) is 7.11 Å². The fraction of sp³-hybridized carbons (Fsp3) is 0.250. The maximum Gasteiger partial charge on any atom is 0.325 e. The molecule has 5 heteroatoms. The van der Waals surface area contributed by atoms with Crippen LogP contribution in [0.4, 0.5) is 5.82 Å². The number of ether oxygens (including phenoxy) is 1. The lowest BCUT2D eigenvalue weighted by atomic mass is 10.4. The molecule has 0 aliphatic carbocycles. The summed E-state index contributed by atoms with van der Waals surface area (Å²) in [6, 6.07) is 3.64. The molecular formula is C8H9BrN2O2. The van der Waals surface area contributed by atoms with Gasteiger partial charge in [-0.15, -0.1) is 0 Å². The number of nitrogens with one attached hydrogen (secondary N) is 1. The monoisotopic (exact) mass is 244 g/mol. The highest BCUT2D eigenvalue weighted by Gasteiger charge is 2.02. The second-order valence-electron chi connectivity index (χ2n) is 2.26. The van der Waals surface area contributed by atoms with Crippen molar-refractivity contribution in [1.29, 1.82) is 0 Å². The molecule has 1 heterocycles. The number of halogens is 1. The van der Waals surface area contributed by atoms with Gasteiger partial charge in [0, 0.05) is 6.20 Å². The number of hydrogen-bond donors (Lipinski definition) is 1. The molecule has 0 radical (unpaired) electrons. The average molecular weight is 245 g/mol. The van der Waals surface area contributed by atoms with Crippen LogP contribution in [-0.2, 0) is 9.53 Å². The summed E-state index contributed by atoms with van der Waals surface area (Å²) in [4.78, 5) is 14.8. The van der Waals surface area contributed by atoms with Gasteiger partial charge in [0.05, 0.1) is 11.6 Å². The highest BCUT2D eigenvalue weighted by molar-refractivity contribution is 9.10. The fourth-order valence-electron chi connectivity index (χ4n) is 0.744. The molecule has 1 aromatic heterocycles. The summed E-state index contributed by atoms with van der Waals surface area (Å²) in [5, 5.41) is 2.83. The molecule has 1 N–H and O–H groups in total. The van der Waals surface area contributed by atoms with Crippen LogP contribution in [0.1, 0.15) is 0 Å². The number of anilines is 1. The lowest BCUT2D eigenvalue weighted by Crippen LogP contribution is -2.15. The Balaban J connectivity index is 2.54. The number of esters is 1. The Hall–Kier alpha value is -1.10. The standard InChI is InChI=1S/C8H9BrN2O2/c1-13-7(12)5-11-8-6(9)3-2-4-10-8/h2-4H,5H2,1H3,(H,10,11). The molecule has 0 saturated heterocycles. The first kappa shape index (κ1) is 9.98. The highest BCUT2D eigenvalue weighted by atomic mass is 79.9. The normalized spacial score (nSPS) is 9.38. The molecule has 0 saturated carbocycles. The zero-order valence-electron chi connectivity index (χ0n) is 7.08. The van der Waals surface area contributed by atoms with Crippen LogP contribution in [-0.4, -0.2) is 24.6 Å². The van der Waals surface area contributed by atoms with Gasteiger partial charge in [-0.1, -0.05) is 0 Å². The Labute approximate surface area is 84.4 Å². The third kappa shape index (κ3) is 3.02. The van der Waals surface area contributed by atoms with Crippen LogP contribution in [0, 0.1) is 0 Å². The number of nitrogens with zero attached hydrogens (tertiary/aromatic N) is 1. The van der Waals surface area contributed by atoms with E-state index >= 15 is 0 Å². The van der Waals surface area contributed by atoms with E-state index in [4.69, 9.17) is 0 Å². The molecular weight excluding hydrogens is 236 g/mol. The molecule has 1 rings (SSSR count). The predicted octanol–water partition coefficient (Wildman–Crippen LogP) is 1.43. The van der Waals surface area contributed by atoms with Crippen molar-refractivity contribution < 1.29 is 9.53 Å². The highest BCUT2D eigenvalue weighted by Crippen LogP contribution is 2.17. The Bertz CT molecular complexity index is 304. The predicted molar refractivity (Wildman–Crippen MR) is 52.4 cm³/mol. The third-order valence-corrected chi connectivity index (χ3v) is 2.03. The summed E-state index contributed by atoms with van der Waals surface area (Å²) in [5.74, 6) is 0.311. The van der Waals surface area contributed by atoms with Gasteiger partial charge in [-0.25, -0.2) is 4.98 Å². The van der Waals surface area contributed by atoms with Gasteiger partial charge in [0.1, 0.15) is 12.4 Å². The molecule has 0 aliphatic heterocycles. The van der Waals surface area contributed by atoms with Crippen molar-refractivity contribution in [1.82, 2.24) is 4.98 Å². The van der Waals surface area contributed by atoms with Gasteiger partial charge in [-0.2, -0.15) is 0 Å². The number of carbonyl (C=O) groups is 1. The lowest BCUT2D eigenvalue weighted by Gasteiger charge is -2.04. The van der Waals surface area contributed by atoms with Gasteiger partial charge in [0.2, 0.25) is 0 Å². The molecule has 70 valence electrons. The fourth-order valence-corrected chi connectivity index (χ4v) is 1.14. The Morgan fingerprint density at radius 1 is 1.77 bits per heavy atom. The van der Waals surface area contributed by atoms with Crippen LogP contribution in [0.5, 0.6) is 0 Å². The molecule has 13 heavy (non-hydrogen) atoms. The van der Waals surface area contributed by atoms with Crippen molar-refractivity contribution >= 4 is 27.7 Å². The zero-order valence-corrected chi connectivity index (χ0v) is 8.67. The van der Waals surface area contributed by atoms with Crippen LogP contribution in [0.15, 0.2) is 22.8 Å². The van der Waals surface area contributed by atoms with E-state index in [2.05, 4.69) is 31.0 Å². The largest absolute Gasteiger partial charge is 0.468 e. The minimum atomic E-state index is -0.322. The number of methoxy groups -OCH3 is 1. The first-order chi connectivity index (χ1) is 6.24. The minimum absolute atomic E-state index is 0.117. The van der Waals surface area contributed by atoms with Gasteiger partial charge in [0.25, 0.3) is 0 Å². The Morgan fingerprint density at radius 2 is 2.54 bits per heavy atom. The van der Waals surface area contributed by atoms with E-state index in [9.17, 15) is 4.79 Å². The summed E-state index contributed by atoms with van der Waals surface area (Å²) < 4.78 is 5.29. The summed E-state index contributed by atoms with van der Waals surface area (Å²) in [5.41, 5.74) is 0. The number of carbonyl (C=O) groups excluding carboxylic acids is 1. The van der Waals surface area contributed by atoms with E-state index in [1.54, 1.807) is 12.3 Å². The number of rotatable bonds is 3. The maximum absolute atomic E-state index is 10.8. The van der Waals surface area contributed by atoms with E-state index in [0.717, 1.165) is 4.47 Å². The van der Waals surface area contributed by atoms with Gasteiger partial charge < -0.3 is 10.1 Å². The molecule has 1 aromatic rings. The molecule has 0 unspecified atom stereocenters. The molecule has 0 bridgehead atoms. The lowest BCUT2D eigenvalue weighted by molar-refractivity contribution is -0.138. The van der Waals surface area contributed by atoms with Gasteiger partial charge >= 0.3 is 5.97 Å². The second-order valence-corrected chi connectivity index (χ2v) is 3.12.